The Morgan fingerprint density at radius 3 is 2.62 bits per heavy atom. The van der Waals surface area contributed by atoms with Crippen molar-refractivity contribution in [3.05, 3.63) is 28.5 Å². The molecule has 84 valence electrons. The van der Waals surface area contributed by atoms with Gasteiger partial charge in [-0.25, -0.2) is 9.97 Å². The molecule has 2 aromatic heterocycles. The Hall–Kier alpha value is -1.26. The van der Waals surface area contributed by atoms with Crippen LogP contribution in [0, 0.1) is 0 Å². The minimum atomic E-state index is 0.485. The molecule has 0 saturated heterocycles. The molecule has 0 unspecified atom stereocenters. The molecule has 0 aliphatic heterocycles. The second-order valence-corrected chi connectivity index (χ2v) is 4.08. The summed E-state index contributed by atoms with van der Waals surface area (Å²) in [4.78, 5) is 8.53. The molecule has 16 heavy (non-hydrogen) atoms. The minimum Gasteiger partial charge on any atom is -0.372 e. The number of aryl methyl sites for hydroxylation is 1. The van der Waals surface area contributed by atoms with Gasteiger partial charge in [0.2, 0.25) is 0 Å². The fourth-order valence-electron chi connectivity index (χ4n) is 1.39. The van der Waals surface area contributed by atoms with Crippen LogP contribution in [-0.4, -0.2) is 21.6 Å². The Morgan fingerprint density at radius 2 is 2.06 bits per heavy atom. The summed E-state index contributed by atoms with van der Waals surface area (Å²) < 4.78 is 1.85. The Kier molecular flexibility index (Phi) is 3.03. The molecule has 0 amide bonds. The summed E-state index contributed by atoms with van der Waals surface area (Å²) in [6, 6.07) is 1.66. The van der Waals surface area contributed by atoms with Gasteiger partial charge in [-0.3, -0.25) is 0 Å². The van der Waals surface area contributed by atoms with Crippen molar-refractivity contribution in [2.45, 2.75) is 0 Å². The monoisotopic (exact) mass is 256 g/mol. The zero-order chi connectivity index (χ0) is 11.7. The molecule has 6 heteroatoms. The number of aromatic nitrogens is 3. The Labute approximate surface area is 103 Å². The van der Waals surface area contributed by atoms with Crippen molar-refractivity contribution in [3.63, 3.8) is 0 Å². The van der Waals surface area contributed by atoms with Crippen LogP contribution in [0.4, 0.5) is 5.82 Å². The number of nitrogens with zero attached hydrogens (tertiary/aromatic N) is 3. The third-order valence-electron chi connectivity index (χ3n) is 2.20. The van der Waals surface area contributed by atoms with Gasteiger partial charge in [0.05, 0.1) is 10.0 Å². The van der Waals surface area contributed by atoms with E-state index in [9.17, 15) is 0 Å². The summed E-state index contributed by atoms with van der Waals surface area (Å²) in [6.45, 7) is 0. The molecule has 1 N–H and O–H groups in total. The van der Waals surface area contributed by atoms with Crippen molar-refractivity contribution in [2.24, 2.45) is 7.05 Å². The smallest absolute Gasteiger partial charge is 0.160 e. The van der Waals surface area contributed by atoms with E-state index in [4.69, 9.17) is 23.2 Å². The molecule has 0 atom stereocenters. The molecule has 0 aliphatic carbocycles. The molecule has 0 radical (unpaired) electrons. The first kappa shape index (κ1) is 11.2. The first-order valence-electron chi connectivity index (χ1n) is 4.65. The van der Waals surface area contributed by atoms with Gasteiger partial charge in [0, 0.05) is 26.5 Å². The first-order chi connectivity index (χ1) is 7.63. The summed E-state index contributed by atoms with van der Waals surface area (Å²) >= 11 is 12.1. The van der Waals surface area contributed by atoms with E-state index in [2.05, 4.69) is 15.3 Å². The van der Waals surface area contributed by atoms with Gasteiger partial charge in [-0.1, -0.05) is 23.2 Å². The van der Waals surface area contributed by atoms with Gasteiger partial charge >= 0.3 is 0 Å². The zero-order valence-electron chi connectivity index (χ0n) is 8.83. The molecule has 0 bridgehead atoms. The molecular weight excluding hydrogens is 247 g/mol. The standard InChI is InChI=1S/C10H10Cl2N4/c1-13-9-7(12)5-6(11)8(15-9)10-14-3-4-16(10)2/h3-5H,1-2H3,(H,13,15). The lowest BCUT2D eigenvalue weighted by atomic mass is 10.3. The molecule has 4 nitrogen and oxygen atoms in total. The van der Waals surface area contributed by atoms with Crippen molar-refractivity contribution in [3.8, 4) is 11.5 Å². The minimum absolute atomic E-state index is 0.485. The molecule has 0 fully saturated rings. The third-order valence-corrected chi connectivity index (χ3v) is 2.78. The van der Waals surface area contributed by atoms with E-state index in [1.54, 1.807) is 19.3 Å². The Balaban J connectivity index is 2.61. The topological polar surface area (TPSA) is 42.7 Å². The molecule has 2 rings (SSSR count). The van der Waals surface area contributed by atoms with E-state index in [0.29, 0.717) is 27.4 Å². The molecule has 0 aromatic carbocycles. The van der Waals surface area contributed by atoms with Gasteiger partial charge in [0.15, 0.2) is 5.82 Å². The molecule has 2 aromatic rings. The largest absolute Gasteiger partial charge is 0.372 e. The molecular formula is C10H10Cl2N4. The zero-order valence-corrected chi connectivity index (χ0v) is 10.3. The van der Waals surface area contributed by atoms with Crippen molar-refractivity contribution < 1.29 is 0 Å². The number of hydrogen-bond donors (Lipinski definition) is 1. The van der Waals surface area contributed by atoms with E-state index >= 15 is 0 Å². The number of pyridine rings is 1. The van der Waals surface area contributed by atoms with Gasteiger partial charge in [0.1, 0.15) is 11.5 Å². The van der Waals surface area contributed by atoms with E-state index in [1.807, 2.05) is 17.8 Å². The van der Waals surface area contributed by atoms with Crippen LogP contribution in [0.1, 0.15) is 0 Å². The van der Waals surface area contributed by atoms with Gasteiger partial charge < -0.3 is 9.88 Å². The predicted octanol–water partition coefficient (Wildman–Crippen LogP) is 2.83. The highest BCUT2D eigenvalue weighted by atomic mass is 35.5. The quantitative estimate of drug-likeness (QED) is 0.899. The molecule has 0 aliphatic rings. The molecule has 0 saturated carbocycles. The lowest BCUT2D eigenvalue weighted by Crippen LogP contribution is -1.99. The number of anilines is 1. The lowest BCUT2D eigenvalue weighted by molar-refractivity contribution is 0.918. The van der Waals surface area contributed by atoms with E-state index in [1.165, 1.54) is 0 Å². The van der Waals surface area contributed by atoms with Crippen LogP contribution in [0.2, 0.25) is 10.0 Å². The van der Waals surface area contributed by atoms with Gasteiger partial charge in [-0.15, -0.1) is 0 Å². The predicted molar refractivity (Wildman–Crippen MR) is 66.0 cm³/mol. The SMILES string of the molecule is CNc1nc(-c2nccn2C)c(Cl)cc1Cl. The van der Waals surface area contributed by atoms with Gasteiger partial charge in [-0.05, 0) is 6.07 Å². The number of halogens is 2. The molecule has 0 spiro atoms. The highest BCUT2D eigenvalue weighted by molar-refractivity contribution is 6.37. The van der Waals surface area contributed by atoms with Gasteiger partial charge in [-0.2, -0.15) is 0 Å². The fraction of sp³-hybridized carbons (Fsp3) is 0.200. The van der Waals surface area contributed by atoms with Crippen molar-refractivity contribution in [2.75, 3.05) is 12.4 Å². The average Bonchev–Trinajstić information content (AvgIpc) is 2.65. The highest BCUT2D eigenvalue weighted by Gasteiger charge is 2.13. The van der Waals surface area contributed by atoms with E-state index < -0.39 is 0 Å². The maximum atomic E-state index is 6.09. The van der Waals surface area contributed by atoms with Crippen LogP contribution >= 0.6 is 23.2 Å². The lowest BCUT2D eigenvalue weighted by Gasteiger charge is -2.08. The fourth-order valence-corrected chi connectivity index (χ4v) is 1.93. The van der Waals surface area contributed by atoms with E-state index in [-0.39, 0.29) is 0 Å². The Morgan fingerprint density at radius 1 is 1.31 bits per heavy atom. The average molecular weight is 257 g/mol. The van der Waals surface area contributed by atoms with Crippen LogP contribution in [0.15, 0.2) is 18.5 Å². The number of imidazole rings is 1. The van der Waals surface area contributed by atoms with Crippen LogP contribution in [-0.2, 0) is 7.05 Å². The summed E-state index contributed by atoms with van der Waals surface area (Å²) in [5.41, 5.74) is 0.614. The van der Waals surface area contributed by atoms with Crippen molar-refractivity contribution >= 4 is 29.0 Å². The maximum absolute atomic E-state index is 6.09. The summed E-state index contributed by atoms with van der Waals surface area (Å²) in [7, 11) is 3.64. The summed E-state index contributed by atoms with van der Waals surface area (Å²) in [5, 5.41) is 3.88. The van der Waals surface area contributed by atoms with Crippen LogP contribution in [0.25, 0.3) is 11.5 Å². The van der Waals surface area contributed by atoms with Crippen LogP contribution in [0.3, 0.4) is 0 Å². The van der Waals surface area contributed by atoms with E-state index in [0.717, 1.165) is 0 Å². The number of nitrogens with one attached hydrogen (secondary N) is 1. The number of rotatable bonds is 2. The number of hydrogen-bond acceptors (Lipinski definition) is 3. The van der Waals surface area contributed by atoms with Crippen LogP contribution < -0.4 is 5.32 Å². The third kappa shape index (κ3) is 1.86. The van der Waals surface area contributed by atoms with Crippen molar-refractivity contribution in [1.82, 2.24) is 14.5 Å². The molecule has 2 heterocycles. The summed E-state index contributed by atoms with van der Waals surface area (Å²) in [6.07, 6.45) is 3.53. The second kappa shape index (κ2) is 4.31. The normalized spacial score (nSPS) is 10.5. The highest BCUT2D eigenvalue weighted by Crippen LogP contribution is 2.31. The summed E-state index contributed by atoms with van der Waals surface area (Å²) in [5.74, 6) is 1.29. The van der Waals surface area contributed by atoms with Crippen LogP contribution in [0.5, 0.6) is 0 Å². The van der Waals surface area contributed by atoms with Gasteiger partial charge in [0.25, 0.3) is 0 Å². The maximum Gasteiger partial charge on any atom is 0.160 e. The van der Waals surface area contributed by atoms with Crippen molar-refractivity contribution in [1.29, 1.82) is 0 Å². The Bertz CT molecular complexity index is 522. The first-order valence-corrected chi connectivity index (χ1v) is 5.40. The second-order valence-electron chi connectivity index (χ2n) is 3.26.